The number of aromatic amines is 1. The van der Waals surface area contributed by atoms with Crippen molar-refractivity contribution in [1.29, 1.82) is 0 Å². The van der Waals surface area contributed by atoms with E-state index in [1.54, 1.807) is 24.3 Å². The Bertz CT molecular complexity index is 1610. The summed E-state index contributed by atoms with van der Waals surface area (Å²) >= 11 is 6.10. The Morgan fingerprint density at radius 1 is 1.17 bits per heavy atom. The number of esters is 2. The van der Waals surface area contributed by atoms with Gasteiger partial charge in [0.25, 0.3) is 5.56 Å². The number of carbonyl (C=O) groups is 2. The van der Waals surface area contributed by atoms with Crippen molar-refractivity contribution in [2.75, 3.05) is 40.6 Å². The van der Waals surface area contributed by atoms with Crippen LogP contribution in [0.15, 0.2) is 51.2 Å². The summed E-state index contributed by atoms with van der Waals surface area (Å²) < 4.78 is 58.3. The molecule has 4 rings (SSSR count). The lowest BCUT2D eigenvalue weighted by atomic mass is 10.0. The van der Waals surface area contributed by atoms with E-state index in [9.17, 15) is 29.3 Å². The maximum absolute atomic E-state index is 13.7. The Labute approximate surface area is 266 Å². The standard InChI is InChI=1S/C26H31ClN5O13P/c1-38-11-8-20(34)42-22-23(43-21(35)9-12-39-2)26(30-31-28,44-24(22)32-10-6-19(33)29-25(32)36)15-41-46(37)40-13-7-18(45-46)16-4-3-5-17(27)14-16/h3-6,10,14,18,22-24H,7-9,11-13,15H2,1-2H3,(H,29,33,36)/t18-,22+,23-,24+,26+,46?/m0/s1. The van der Waals surface area contributed by atoms with E-state index in [1.165, 1.54) is 14.2 Å². The Kier molecular flexibility index (Phi) is 12.1. The maximum Gasteiger partial charge on any atom is 0.475 e. The van der Waals surface area contributed by atoms with Crippen molar-refractivity contribution in [3.63, 3.8) is 0 Å². The van der Waals surface area contributed by atoms with Crippen LogP contribution in [0.5, 0.6) is 0 Å². The number of H-pyrrole nitrogens is 1. The Hall–Kier alpha value is -3.57. The van der Waals surface area contributed by atoms with E-state index in [4.69, 9.17) is 48.9 Å². The van der Waals surface area contributed by atoms with Gasteiger partial charge in [0, 0.05) is 42.8 Å². The number of hydrogen-bond donors (Lipinski definition) is 1. The highest BCUT2D eigenvalue weighted by Gasteiger charge is 2.61. The van der Waals surface area contributed by atoms with Crippen LogP contribution in [0.4, 0.5) is 0 Å². The van der Waals surface area contributed by atoms with Crippen molar-refractivity contribution in [2.45, 2.75) is 49.5 Å². The highest BCUT2D eigenvalue weighted by Crippen LogP contribution is 2.58. The molecule has 20 heteroatoms. The van der Waals surface area contributed by atoms with Gasteiger partial charge in [0.1, 0.15) is 0 Å². The fraction of sp³-hybridized carbons (Fsp3) is 0.538. The number of hydrogen-bond acceptors (Lipinski definition) is 14. The summed E-state index contributed by atoms with van der Waals surface area (Å²) in [6.45, 7) is -1.13. The van der Waals surface area contributed by atoms with Gasteiger partial charge in [-0.15, -0.1) is 0 Å². The number of ether oxygens (including phenoxy) is 5. The van der Waals surface area contributed by atoms with Gasteiger partial charge in [-0.3, -0.25) is 37.5 Å². The summed E-state index contributed by atoms with van der Waals surface area (Å²) in [6, 6.07) is 7.64. The topological polar surface area (TPSA) is 229 Å². The molecule has 3 heterocycles. The third-order valence-corrected chi connectivity index (χ3v) is 8.46. The van der Waals surface area contributed by atoms with Crippen molar-refractivity contribution in [1.82, 2.24) is 9.55 Å². The molecular formula is C26H31ClN5O13P. The minimum atomic E-state index is -4.42. The van der Waals surface area contributed by atoms with Crippen LogP contribution in [0.25, 0.3) is 10.4 Å². The highest BCUT2D eigenvalue weighted by molar-refractivity contribution is 7.48. The molecule has 2 aromatic rings. The van der Waals surface area contributed by atoms with Crippen LogP contribution in [0.2, 0.25) is 5.02 Å². The Morgan fingerprint density at radius 2 is 1.89 bits per heavy atom. The molecule has 6 atom stereocenters. The van der Waals surface area contributed by atoms with Crippen LogP contribution in [0, 0.1) is 0 Å². The molecule has 0 aliphatic carbocycles. The van der Waals surface area contributed by atoms with E-state index in [-0.39, 0.29) is 32.7 Å². The lowest BCUT2D eigenvalue weighted by Crippen LogP contribution is -2.49. The van der Waals surface area contributed by atoms with Crippen LogP contribution >= 0.6 is 19.4 Å². The van der Waals surface area contributed by atoms with Gasteiger partial charge in [0.15, 0.2) is 18.4 Å². The molecule has 1 aromatic heterocycles. The number of carbonyl (C=O) groups excluding carboxylic acids is 2. The van der Waals surface area contributed by atoms with Crippen LogP contribution in [-0.4, -0.2) is 80.1 Å². The summed E-state index contributed by atoms with van der Waals surface area (Å²) in [5.41, 5.74) is 6.01. The first-order valence-electron chi connectivity index (χ1n) is 13.8. The fourth-order valence-electron chi connectivity index (χ4n) is 4.64. The number of aromatic nitrogens is 2. The van der Waals surface area contributed by atoms with Crippen LogP contribution in [0.1, 0.15) is 37.2 Å². The Balaban J connectivity index is 1.73. The zero-order valence-electron chi connectivity index (χ0n) is 24.6. The number of nitrogens with one attached hydrogen (secondary N) is 1. The molecule has 2 fully saturated rings. The minimum absolute atomic E-state index is 0.0514. The zero-order chi connectivity index (χ0) is 33.3. The molecule has 0 bridgehead atoms. The minimum Gasteiger partial charge on any atom is -0.455 e. The molecule has 2 aliphatic rings. The van der Waals surface area contributed by atoms with E-state index in [0.29, 0.717) is 17.0 Å². The largest absolute Gasteiger partial charge is 0.475 e. The third-order valence-electron chi connectivity index (χ3n) is 6.77. The number of methoxy groups -OCH3 is 2. The van der Waals surface area contributed by atoms with E-state index >= 15 is 0 Å². The van der Waals surface area contributed by atoms with E-state index in [2.05, 4.69) is 10.0 Å². The van der Waals surface area contributed by atoms with E-state index < -0.39 is 67.9 Å². The van der Waals surface area contributed by atoms with E-state index in [0.717, 1.165) is 16.8 Å². The number of azide groups is 1. The number of nitrogens with zero attached hydrogens (tertiary/aromatic N) is 4. The predicted molar refractivity (Wildman–Crippen MR) is 155 cm³/mol. The molecule has 18 nitrogen and oxygen atoms in total. The van der Waals surface area contributed by atoms with Crippen LogP contribution in [-0.2, 0) is 51.4 Å². The maximum atomic E-state index is 13.7. The first-order valence-corrected chi connectivity index (χ1v) is 15.6. The van der Waals surface area contributed by atoms with Crippen LogP contribution in [0.3, 0.4) is 0 Å². The molecule has 0 amide bonds. The average molecular weight is 688 g/mol. The summed E-state index contributed by atoms with van der Waals surface area (Å²) in [5.74, 6) is -1.78. The molecular weight excluding hydrogens is 657 g/mol. The molecule has 46 heavy (non-hydrogen) atoms. The van der Waals surface area contributed by atoms with Crippen LogP contribution < -0.4 is 11.2 Å². The number of halogens is 1. The molecule has 1 N–H and O–H groups in total. The van der Waals surface area contributed by atoms with Gasteiger partial charge in [-0.2, -0.15) is 0 Å². The van der Waals surface area contributed by atoms with Gasteiger partial charge in [-0.1, -0.05) is 28.8 Å². The summed E-state index contributed by atoms with van der Waals surface area (Å²) in [6.07, 6.45) is -5.14. The lowest BCUT2D eigenvalue weighted by molar-refractivity contribution is -0.174. The summed E-state index contributed by atoms with van der Waals surface area (Å²) in [7, 11) is -1.72. The molecule has 2 aliphatic heterocycles. The summed E-state index contributed by atoms with van der Waals surface area (Å²) in [4.78, 5) is 55.2. The second-order valence-electron chi connectivity index (χ2n) is 9.90. The number of benzene rings is 1. The molecule has 1 unspecified atom stereocenters. The third kappa shape index (κ3) is 8.61. The normalized spacial score (nSPS) is 27.5. The lowest BCUT2D eigenvalue weighted by Gasteiger charge is -2.33. The van der Waals surface area contributed by atoms with Gasteiger partial charge < -0.3 is 23.7 Å². The van der Waals surface area contributed by atoms with Crippen molar-refractivity contribution < 1.29 is 51.4 Å². The summed E-state index contributed by atoms with van der Waals surface area (Å²) in [5, 5.41) is 4.10. The molecule has 0 radical (unpaired) electrons. The van der Waals surface area contributed by atoms with Crippen molar-refractivity contribution >= 4 is 31.4 Å². The Morgan fingerprint density at radius 3 is 2.54 bits per heavy atom. The molecule has 2 saturated heterocycles. The van der Waals surface area contributed by atoms with Gasteiger partial charge in [-0.25, -0.2) is 9.36 Å². The second kappa shape index (κ2) is 15.8. The van der Waals surface area contributed by atoms with E-state index in [1.807, 2.05) is 4.98 Å². The number of phosphoric acid groups is 1. The molecule has 1 aromatic carbocycles. The quantitative estimate of drug-likeness (QED) is 0.0991. The monoisotopic (exact) mass is 687 g/mol. The van der Waals surface area contributed by atoms with Gasteiger partial charge >= 0.3 is 25.5 Å². The predicted octanol–water partition coefficient (Wildman–Crippen LogP) is 2.92. The second-order valence-corrected chi connectivity index (χ2v) is 12.0. The van der Waals surface area contributed by atoms with Gasteiger partial charge in [0.05, 0.1) is 45.4 Å². The molecule has 0 saturated carbocycles. The highest BCUT2D eigenvalue weighted by atomic mass is 35.5. The van der Waals surface area contributed by atoms with Crippen molar-refractivity contribution in [3.8, 4) is 0 Å². The SMILES string of the molecule is COCCC(=O)O[C@H]1[C@H](n2ccc(=O)[nH]c2=O)O[C@@](COP2(=O)OCC[C@@H](c3cccc(Cl)c3)O2)(N=[N+]=[N-])[C@H]1OC(=O)CCOC. The number of phosphoric ester groups is 1. The molecule has 250 valence electrons. The molecule has 0 spiro atoms. The zero-order valence-corrected chi connectivity index (χ0v) is 26.3. The first-order chi connectivity index (χ1) is 22.0. The average Bonchev–Trinajstić information content (AvgIpc) is 3.30. The van der Waals surface area contributed by atoms with Crippen molar-refractivity contribution in [2.24, 2.45) is 5.11 Å². The smallest absolute Gasteiger partial charge is 0.455 e. The van der Waals surface area contributed by atoms with Gasteiger partial charge in [0.2, 0.25) is 5.72 Å². The van der Waals surface area contributed by atoms with Crippen molar-refractivity contribution in [3.05, 3.63) is 78.4 Å². The number of rotatable bonds is 14. The van der Waals surface area contributed by atoms with Gasteiger partial charge in [-0.05, 0) is 23.2 Å². The fourth-order valence-corrected chi connectivity index (χ4v) is 6.24. The first kappa shape index (κ1) is 35.3.